The van der Waals surface area contributed by atoms with E-state index in [0.29, 0.717) is 29.5 Å². The third-order valence-electron chi connectivity index (χ3n) is 6.00. The van der Waals surface area contributed by atoms with Gasteiger partial charge in [-0.25, -0.2) is 0 Å². The number of benzene rings is 2. The van der Waals surface area contributed by atoms with E-state index in [9.17, 15) is 4.79 Å². The van der Waals surface area contributed by atoms with E-state index in [2.05, 4.69) is 50.4 Å². The minimum absolute atomic E-state index is 0.290. The van der Waals surface area contributed by atoms with Gasteiger partial charge in [-0.05, 0) is 50.3 Å². The van der Waals surface area contributed by atoms with Crippen LogP contribution in [0.1, 0.15) is 52.5 Å². The molecule has 5 nitrogen and oxygen atoms in total. The second-order valence-electron chi connectivity index (χ2n) is 9.05. The number of hydrogen-bond acceptors (Lipinski definition) is 4. The van der Waals surface area contributed by atoms with E-state index in [1.165, 1.54) is 5.56 Å². The molecule has 4 aromatic rings. The molecule has 2 aromatic carbocycles. The van der Waals surface area contributed by atoms with Crippen molar-refractivity contribution in [2.45, 2.75) is 47.6 Å². The second kappa shape index (κ2) is 9.20. The quantitative estimate of drug-likeness (QED) is 0.366. The van der Waals surface area contributed by atoms with Crippen molar-refractivity contribution in [1.82, 2.24) is 4.98 Å². The highest BCUT2D eigenvalue weighted by atomic mass is 16.3. The predicted molar refractivity (Wildman–Crippen MR) is 134 cm³/mol. The lowest BCUT2D eigenvalue weighted by Gasteiger charge is -2.21. The molecule has 0 spiro atoms. The van der Waals surface area contributed by atoms with Crippen molar-refractivity contribution < 1.29 is 9.21 Å². The maximum Gasteiger partial charge on any atom is 0.291 e. The Balaban J connectivity index is 1.86. The van der Waals surface area contributed by atoms with Gasteiger partial charge in [-0.3, -0.25) is 9.78 Å². The number of nitrogens with zero attached hydrogens (tertiary/aromatic N) is 1. The Kier molecular flexibility index (Phi) is 6.34. The Hall–Kier alpha value is -3.44. The molecule has 33 heavy (non-hydrogen) atoms. The Labute approximate surface area is 195 Å². The number of aromatic nitrogens is 1. The lowest BCUT2D eigenvalue weighted by atomic mass is 9.92. The fraction of sp³-hybridized carbons (Fsp3) is 0.286. The van der Waals surface area contributed by atoms with E-state index in [-0.39, 0.29) is 5.91 Å². The first kappa shape index (κ1) is 22.7. The number of para-hydroxylation sites is 1. The molecule has 4 rings (SSSR count). The van der Waals surface area contributed by atoms with Crippen molar-refractivity contribution in [2.75, 3.05) is 5.32 Å². The summed E-state index contributed by atoms with van der Waals surface area (Å²) in [7, 11) is 0. The van der Waals surface area contributed by atoms with E-state index in [1.807, 2.05) is 38.1 Å². The fourth-order valence-corrected chi connectivity index (χ4v) is 4.33. The van der Waals surface area contributed by atoms with Crippen molar-refractivity contribution in [2.24, 2.45) is 11.7 Å². The zero-order valence-electron chi connectivity index (χ0n) is 20.0. The topological polar surface area (TPSA) is 81.1 Å². The molecule has 0 fully saturated rings. The number of carbonyl (C=O) groups excluding carboxylic acids is 1. The molecule has 0 bridgehead atoms. The fourth-order valence-electron chi connectivity index (χ4n) is 4.33. The molecule has 0 unspecified atom stereocenters. The average Bonchev–Trinajstić information content (AvgIpc) is 3.12. The van der Waals surface area contributed by atoms with Gasteiger partial charge in [0.25, 0.3) is 5.91 Å². The first-order valence-electron chi connectivity index (χ1n) is 11.4. The number of hydrogen-bond donors (Lipinski definition) is 2. The molecule has 170 valence electrons. The number of aryl methyl sites for hydroxylation is 3. The largest absolute Gasteiger partial charge is 0.451 e. The van der Waals surface area contributed by atoms with Gasteiger partial charge in [-0.1, -0.05) is 61.9 Å². The number of fused-ring (bicyclic) bond motifs is 1. The minimum Gasteiger partial charge on any atom is -0.451 e. The molecule has 2 aromatic heterocycles. The normalized spacial score (nSPS) is 11.4. The van der Waals surface area contributed by atoms with Crippen molar-refractivity contribution in [3.63, 3.8) is 0 Å². The molecule has 5 heteroatoms. The number of anilines is 1. The van der Waals surface area contributed by atoms with Crippen molar-refractivity contribution in [3.05, 3.63) is 82.4 Å². The Morgan fingerprint density at radius 3 is 2.39 bits per heavy atom. The second-order valence-corrected chi connectivity index (χ2v) is 9.05. The van der Waals surface area contributed by atoms with Crippen molar-refractivity contribution in [1.29, 1.82) is 0 Å². The molecular weight excluding hydrogens is 410 g/mol. The molecule has 0 atom stereocenters. The van der Waals surface area contributed by atoms with Gasteiger partial charge >= 0.3 is 0 Å². The van der Waals surface area contributed by atoms with Gasteiger partial charge < -0.3 is 15.5 Å². The van der Waals surface area contributed by atoms with Crippen LogP contribution in [0.3, 0.4) is 0 Å². The van der Waals surface area contributed by atoms with Gasteiger partial charge in [0.2, 0.25) is 0 Å². The van der Waals surface area contributed by atoms with Crippen LogP contribution in [0.25, 0.3) is 22.1 Å². The summed E-state index contributed by atoms with van der Waals surface area (Å²) < 4.78 is 5.91. The van der Waals surface area contributed by atoms with E-state index in [1.54, 1.807) is 0 Å². The molecule has 3 N–H and O–H groups in total. The van der Waals surface area contributed by atoms with Gasteiger partial charge in [0.05, 0.1) is 11.4 Å². The molecular formula is C28H31N3O2. The summed E-state index contributed by atoms with van der Waals surface area (Å²) in [5.41, 5.74) is 14.3. The van der Waals surface area contributed by atoms with E-state index >= 15 is 0 Å². The van der Waals surface area contributed by atoms with Gasteiger partial charge in [0.15, 0.2) is 5.76 Å². The summed E-state index contributed by atoms with van der Waals surface area (Å²) in [6, 6.07) is 16.0. The summed E-state index contributed by atoms with van der Waals surface area (Å²) in [6.45, 7) is 10.6. The molecule has 0 radical (unpaired) electrons. The zero-order chi connectivity index (χ0) is 23.7. The van der Waals surface area contributed by atoms with Crippen molar-refractivity contribution >= 4 is 22.6 Å². The number of pyridine rings is 1. The molecule has 2 heterocycles. The zero-order valence-corrected chi connectivity index (χ0v) is 20.0. The van der Waals surface area contributed by atoms with E-state index < -0.39 is 0 Å². The molecule has 0 aliphatic rings. The Morgan fingerprint density at radius 1 is 1.06 bits per heavy atom. The maximum absolute atomic E-state index is 13.4. The van der Waals surface area contributed by atoms with Crippen LogP contribution in [0.5, 0.6) is 0 Å². The third-order valence-corrected chi connectivity index (χ3v) is 6.00. The standard InChI is InChI=1S/C28H31N3O2/c1-16(2)14-23-22(15-29)25(20-12-10-17(3)11-13-20)26(19(5)30-23)31-28(32)27-18(4)21-8-6-7-9-24(21)33-27/h6-13,16H,14-15,29H2,1-5H3,(H,31,32). The number of amides is 1. The average molecular weight is 442 g/mol. The highest BCUT2D eigenvalue weighted by Crippen LogP contribution is 2.37. The van der Waals surface area contributed by atoms with E-state index in [4.69, 9.17) is 15.1 Å². The monoisotopic (exact) mass is 441 g/mol. The number of rotatable bonds is 6. The molecule has 0 saturated carbocycles. The highest BCUT2D eigenvalue weighted by molar-refractivity contribution is 6.08. The van der Waals surface area contributed by atoms with Crippen LogP contribution in [0.15, 0.2) is 52.9 Å². The first-order valence-corrected chi connectivity index (χ1v) is 11.4. The number of nitrogens with two attached hydrogens (primary N) is 1. The number of furan rings is 1. The van der Waals surface area contributed by atoms with E-state index in [0.717, 1.165) is 45.4 Å². The maximum atomic E-state index is 13.4. The lowest BCUT2D eigenvalue weighted by Crippen LogP contribution is -2.18. The van der Waals surface area contributed by atoms with Crippen LogP contribution in [-0.4, -0.2) is 10.9 Å². The Morgan fingerprint density at radius 2 is 1.76 bits per heavy atom. The summed E-state index contributed by atoms with van der Waals surface area (Å²) >= 11 is 0. The summed E-state index contributed by atoms with van der Waals surface area (Å²) in [4.78, 5) is 18.3. The summed E-state index contributed by atoms with van der Waals surface area (Å²) in [5.74, 6) is 0.458. The van der Waals surface area contributed by atoms with Crippen molar-refractivity contribution in [3.8, 4) is 11.1 Å². The van der Waals surface area contributed by atoms with Crippen LogP contribution < -0.4 is 11.1 Å². The SMILES string of the molecule is Cc1ccc(-c2c(CN)c(CC(C)C)nc(C)c2NC(=O)c2oc3ccccc3c2C)cc1. The molecule has 1 amide bonds. The third kappa shape index (κ3) is 4.41. The Bertz CT molecular complexity index is 1320. The molecule has 0 aliphatic carbocycles. The van der Waals surface area contributed by atoms with Crippen LogP contribution in [0, 0.1) is 26.7 Å². The lowest BCUT2D eigenvalue weighted by molar-refractivity contribution is 0.0998. The van der Waals surface area contributed by atoms with Gasteiger partial charge in [-0.2, -0.15) is 0 Å². The predicted octanol–water partition coefficient (Wildman–Crippen LogP) is 6.33. The smallest absolute Gasteiger partial charge is 0.291 e. The van der Waals surface area contributed by atoms with Gasteiger partial charge in [-0.15, -0.1) is 0 Å². The highest BCUT2D eigenvalue weighted by Gasteiger charge is 2.23. The van der Waals surface area contributed by atoms with Crippen LogP contribution in [0.2, 0.25) is 0 Å². The van der Waals surface area contributed by atoms with Gasteiger partial charge in [0.1, 0.15) is 5.58 Å². The summed E-state index contributed by atoms with van der Waals surface area (Å²) in [5, 5.41) is 4.05. The van der Waals surface area contributed by atoms with Crippen LogP contribution in [-0.2, 0) is 13.0 Å². The molecule has 0 aliphatic heterocycles. The van der Waals surface area contributed by atoms with Crippen LogP contribution >= 0.6 is 0 Å². The summed E-state index contributed by atoms with van der Waals surface area (Å²) in [6.07, 6.45) is 0.823. The minimum atomic E-state index is -0.290. The van der Waals surface area contributed by atoms with Crippen LogP contribution in [0.4, 0.5) is 5.69 Å². The number of carbonyl (C=O) groups is 1. The first-order chi connectivity index (χ1) is 15.8. The molecule has 0 saturated heterocycles. The number of nitrogens with one attached hydrogen (secondary N) is 1. The van der Waals surface area contributed by atoms with Gasteiger partial charge in [0, 0.05) is 28.8 Å².